The van der Waals surface area contributed by atoms with Gasteiger partial charge in [0, 0.05) is 23.1 Å². The monoisotopic (exact) mass is 339 g/mol. The number of benzene rings is 1. The number of fused-ring (bicyclic) bond motifs is 1. The number of para-hydroxylation sites is 1. The minimum absolute atomic E-state index is 0.145. The lowest BCUT2D eigenvalue weighted by Gasteiger charge is -2.14. The number of carbonyl (C=O) groups excluding carboxylic acids is 1. The third-order valence-electron chi connectivity index (χ3n) is 3.52. The van der Waals surface area contributed by atoms with Gasteiger partial charge in [-0.3, -0.25) is 0 Å². The molecular formula is C19H21N3O3. The van der Waals surface area contributed by atoms with Crippen molar-refractivity contribution in [3.8, 4) is 5.88 Å². The summed E-state index contributed by atoms with van der Waals surface area (Å²) in [5, 5.41) is 4.24. The zero-order chi connectivity index (χ0) is 17.6. The first-order valence-corrected chi connectivity index (χ1v) is 8.22. The molecule has 0 unspecified atom stereocenters. The molecule has 3 rings (SSSR count). The molecule has 6 heteroatoms. The number of hydrogen-bond acceptors (Lipinski definition) is 5. The molecule has 0 atom stereocenters. The summed E-state index contributed by atoms with van der Waals surface area (Å²) >= 11 is 0. The second-order valence-corrected chi connectivity index (χ2v) is 5.91. The first-order valence-electron chi connectivity index (χ1n) is 8.22. The Kier molecular flexibility index (Phi) is 5.18. The van der Waals surface area contributed by atoms with Crippen LogP contribution in [-0.2, 0) is 4.74 Å². The van der Waals surface area contributed by atoms with E-state index in [9.17, 15) is 4.79 Å². The molecule has 2 aromatic heterocycles. The molecule has 1 aromatic carbocycles. The van der Waals surface area contributed by atoms with E-state index in [1.54, 1.807) is 12.3 Å². The van der Waals surface area contributed by atoms with Crippen LogP contribution in [0.1, 0.15) is 24.3 Å². The smallest absolute Gasteiger partial charge is 0.354 e. The van der Waals surface area contributed by atoms with Gasteiger partial charge in [-0.2, -0.15) is 0 Å². The highest BCUT2D eigenvalue weighted by Crippen LogP contribution is 2.21. The van der Waals surface area contributed by atoms with Crippen molar-refractivity contribution in [2.24, 2.45) is 0 Å². The topological polar surface area (TPSA) is 76.2 Å². The molecule has 6 nitrogen and oxygen atoms in total. The number of nitrogens with one attached hydrogen (secondary N) is 2. The average Bonchev–Trinajstić information content (AvgIpc) is 3.03. The number of carbonyl (C=O) groups is 1. The zero-order valence-electron chi connectivity index (χ0n) is 14.3. The van der Waals surface area contributed by atoms with Gasteiger partial charge in [-0.15, -0.1) is 0 Å². The lowest BCUT2D eigenvalue weighted by molar-refractivity contribution is 0.0442. The minimum atomic E-state index is -0.402. The fourth-order valence-corrected chi connectivity index (χ4v) is 2.46. The van der Waals surface area contributed by atoms with Crippen LogP contribution in [0.2, 0.25) is 0 Å². The maximum atomic E-state index is 12.1. The van der Waals surface area contributed by atoms with Crippen molar-refractivity contribution in [2.75, 3.05) is 18.5 Å². The number of aromatic amines is 1. The molecule has 0 amide bonds. The number of H-pyrrole nitrogens is 1. The Morgan fingerprint density at radius 1 is 1.20 bits per heavy atom. The summed E-state index contributed by atoms with van der Waals surface area (Å²) in [6.45, 7) is 4.46. The summed E-state index contributed by atoms with van der Waals surface area (Å²) in [6.07, 6.45) is 1.66. The number of esters is 1. The predicted molar refractivity (Wildman–Crippen MR) is 97.1 cm³/mol. The first kappa shape index (κ1) is 16.8. The van der Waals surface area contributed by atoms with Gasteiger partial charge in [0.25, 0.3) is 0 Å². The molecule has 0 aliphatic carbocycles. The summed E-state index contributed by atoms with van der Waals surface area (Å²) in [6, 6.07) is 13.5. The molecule has 0 aliphatic rings. The fourth-order valence-electron chi connectivity index (χ4n) is 2.46. The summed E-state index contributed by atoms with van der Waals surface area (Å²) in [5.74, 6) is 0.0965. The highest BCUT2D eigenvalue weighted by Gasteiger charge is 2.11. The average molecular weight is 339 g/mol. The number of pyridine rings is 1. The summed E-state index contributed by atoms with van der Waals surface area (Å²) in [5.41, 5.74) is 2.16. The molecular weight excluding hydrogens is 318 g/mol. The van der Waals surface area contributed by atoms with Crippen LogP contribution in [0, 0.1) is 0 Å². The van der Waals surface area contributed by atoms with Gasteiger partial charge in [-0.1, -0.05) is 18.2 Å². The number of hydrogen-bond donors (Lipinski definition) is 2. The predicted octanol–water partition coefficient (Wildman–Crippen LogP) is 3.62. The highest BCUT2D eigenvalue weighted by molar-refractivity contribution is 5.94. The SMILES string of the molecule is CC(C)Nc1cccnc1OCCOC(=O)c1cc2ccccc2[nH]1. The van der Waals surface area contributed by atoms with Gasteiger partial charge in [-0.25, -0.2) is 9.78 Å². The molecule has 3 aromatic rings. The Hall–Kier alpha value is -3.02. The molecule has 130 valence electrons. The van der Waals surface area contributed by atoms with Gasteiger partial charge in [0.05, 0.1) is 5.69 Å². The van der Waals surface area contributed by atoms with Crippen LogP contribution in [0.25, 0.3) is 10.9 Å². The molecule has 0 spiro atoms. The second kappa shape index (κ2) is 7.70. The zero-order valence-corrected chi connectivity index (χ0v) is 14.3. The lowest BCUT2D eigenvalue weighted by Crippen LogP contribution is -2.15. The van der Waals surface area contributed by atoms with Crippen molar-refractivity contribution in [3.63, 3.8) is 0 Å². The number of ether oxygens (including phenoxy) is 2. The molecule has 2 N–H and O–H groups in total. The third kappa shape index (κ3) is 4.29. The van der Waals surface area contributed by atoms with E-state index in [0.29, 0.717) is 11.6 Å². The van der Waals surface area contributed by atoms with Gasteiger partial charge in [0.1, 0.15) is 18.9 Å². The quantitative estimate of drug-likeness (QED) is 0.508. The van der Waals surface area contributed by atoms with Crippen LogP contribution in [0.4, 0.5) is 5.69 Å². The molecule has 0 aliphatic heterocycles. The number of aromatic nitrogens is 2. The van der Waals surface area contributed by atoms with Crippen LogP contribution in [0.3, 0.4) is 0 Å². The molecule has 0 saturated carbocycles. The number of nitrogens with zero attached hydrogens (tertiary/aromatic N) is 1. The van der Waals surface area contributed by atoms with E-state index in [4.69, 9.17) is 9.47 Å². The van der Waals surface area contributed by atoms with Crippen molar-refractivity contribution in [2.45, 2.75) is 19.9 Å². The van der Waals surface area contributed by atoms with Crippen molar-refractivity contribution >= 4 is 22.6 Å². The summed E-state index contributed by atoms with van der Waals surface area (Å²) < 4.78 is 10.9. The third-order valence-corrected chi connectivity index (χ3v) is 3.52. The highest BCUT2D eigenvalue weighted by atomic mass is 16.6. The lowest BCUT2D eigenvalue weighted by atomic mass is 10.2. The van der Waals surface area contributed by atoms with Crippen molar-refractivity contribution in [1.82, 2.24) is 9.97 Å². The molecule has 0 radical (unpaired) electrons. The van der Waals surface area contributed by atoms with E-state index in [1.807, 2.05) is 50.2 Å². The van der Waals surface area contributed by atoms with E-state index in [2.05, 4.69) is 15.3 Å². The summed E-state index contributed by atoms with van der Waals surface area (Å²) in [7, 11) is 0. The molecule has 25 heavy (non-hydrogen) atoms. The molecule has 0 saturated heterocycles. The largest absolute Gasteiger partial charge is 0.473 e. The van der Waals surface area contributed by atoms with Crippen LogP contribution in [-0.4, -0.2) is 35.2 Å². The van der Waals surface area contributed by atoms with Crippen LogP contribution >= 0.6 is 0 Å². The van der Waals surface area contributed by atoms with E-state index in [0.717, 1.165) is 16.6 Å². The Morgan fingerprint density at radius 2 is 2.04 bits per heavy atom. The summed E-state index contributed by atoms with van der Waals surface area (Å²) in [4.78, 5) is 19.4. The fraction of sp³-hybridized carbons (Fsp3) is 0.263. The maximum Gasteiger partial charge on any atom is 0.354 e. The van der Waals surface area contributed by atoms with E-state index < -0.39 is 5.97 Å². The van der Waals surface area contributed by atoms with E-state index in [-0.39, 0.29) is 19.3 Å². The van der Waals surface area contributed by atoms with E-state index >= 15 is 0 Å². The number of rotatable bonds is 7. The van der Waals surface area contributed by atoms with Crippen molar-refractivity contribution in [3.05, 3.63) is 54.4 Å². The maximum absolute atomic E-state index is 12.1. The van der Waals surface area contributed by atoms with Crippen LogP contribution in [0.5, 0.6) is 5.88 Å². The van der Waals surface area contributed by atoms with Gasteiger partial charge in [-0.05, 0) is 38.1 Å². The van der Waals surface area contributed by atoms with Gasteiger partial charge >= 0.3 is 5.97 Å². The van der Waals surface area contributed by atoms with E-state index in [1.165, 1.54) is 0 Å². The van der Waals surface area contributed by atoms with Gasteiger partial charge < -0.3 is 19.8 Å². The van der Waals surface area contributed by atoms with Crippen LogP contribution in [0.15, 0.2) is 48.7 Å². The van der Waals surface area contributed by atoms with Crippen molar-refractivity contribution in [1.29, 1.82) is 0 Å². The number of anilines is 1. The Balaban J connectivity index is 1.52. The van der Waals surface area contributed by atoms with Gasteiger partial charge in [0.15, 0.2) is 0 Å². The Labute approximate surface area is 146 Å². The first-order chi connectivity index (χ1) is 12.1. The Morgan fingerprint density at radius 3 is 2.84 bits per heavy atom. The minimum Gasteiger partial charge on any atom is -0.473 e. The normalized spacial score (nSPS) is 10.8. The van der Waals surface area contributed by atoms with Gasteiger partial charge in [0.2, 0.25) is 5.88 Å². The second-order valence-electron chi connectivity index (χ2n) is 5.91. The molecule has 0 bridgehead atoms. The standard InChI is InChI=1S/C19H21N3O3/c1-13(2)21-16-8-5-9-20-18(16)24-10-11-25-19(23)17-12-14-6-3-4-7-15(14)22-17/h3-9,12-13,21-22H,10-11H2,1-2H3. The van der Waals surface area contributed by atoms with Crippen LogP contribution < -0.4 is 10.1 Å². The Bertz CT molecular complexity index is 825. The molecule has 0 fully saturated rings. The van der Waals surface area contributed by atoms with Crippen molar-refractivity contribution < 1.29 is 14.3 Å². The molecule has 2 heterocycles.